The molecule has 0 fully saturated rings. The Morgan fingerprint density at radius 3 is 2.61 bits per heavy atom. The maximum Gasteiger partial charge on any atom is 0.118 e. The lowest BCUT2D eigenvalue weighted by atomic mass is 10.1. The number of pyridine rings is 1. The fourth-order valence-electron chi connectivity index (χ4n) is 3.56. The van der Waals surface area contributed by atoms with Gasteiger partial charge in [-0.05, 0) is 60.7 Å². The highest BCUT2D eigenvalue weighted by atomic mass is 35.5. The lowest BCUT2D eigenvalue weighted by molar-refractivity contribution is 0.415. The van der Waals surface area contributed by atoms with Gasteiger partial charge in [-0.3, -0.25) is 10.4 Å². The van der Waals surface area contributed by atoms with Crippen LogP contribution >= 0.6 is 11.6 Å². The van der Waals surface area contributed by atoms with Gasteiger partial charge < -0.3 is 4.74 Å². The average molecular weight is 454 g/mol. The van der Waals surface area contributed by atoms with Gasteiger partial charge >= 0.3 is 0 Å². The molecule has 162 valence electrons. The Morgan fingerprint density at radius 1 is 1.00 bits per heavy atom. The number of ether oxygens (including phenoxy) is 1. The molecule has 6 nitrogen and oxygen atoms in total. The molecule has 2 aromatic heterocycles. The topological polar surface area (TPSA) is 64.3 Å². The third kappa shape index (κ3) is 4.42. The van der Waals surface area contributed by atoms with E-state index in [2.05, 4.69) is 15.5 Å². The van der Waals surface area contributed by atoms with E-state index in [0.29, 0.717) is 5.02 Å². The van der Waals surface area contributed by atoms with Gasteiger partial charge in [0.1, 0.15) is 11.4 Å². The van der Waals surface area contributed by atoms with Crippen LogP contribution in [0.5, 0.6) is 5.75 Å². The van der Waals surface area contributed by atoms with E-state index >= 15 is 0 Å². The van der Waals surface area contributed by atoms with Crippen LogP contribution in [0.2, 0.25) is 5.02 Å². The Balaban J connectivity index is 1.50. The zero-order valence-electron chi connectivity index (χ0n) is 17.8. The molecule has 0 bridgehead atoms. The minimum atomic E-state index is 0.646. The summed E-state index contributed by atoms with van der Waals surface area (Å²) < 4.78 is 7.14. The van der Waals surface area contributed by atoms with Gasteiger partial charge in [-0.2, -0.15) is 10.2 Å². The van der Waals surface area contributed by atoms with Gasteiger partial charge in [0.25, 0.3) is 0 Å². The highest BCUT2D eigenvalue weighted by molar-refractivity contribution is 6.31. The van der Waals surface area contributed by atoms with E-state index in [1.165, 1.54) is 0 Å². The number of fused-ring (bicyclic) bond motifs is 1. The number of nitrogens with one attached hydrogen (secondary N) is 1. The number of aromatic nitrogens is 3. The SMILES string of the molecule is COc1ccc(-c2nn(-c3ccccc3)cc2/C=N\Nc2ccnc3cc(Cl)ccc23)cc1. The predicted molar refractivity (Wildman–Crippen MR) is 134 cm³/mol. The molecule has 5 rings (SSSR count). The van der Waals surface area contributed by atoms with Crippen LogP contribution in [0.15, 0.2) is 96.4 Å². The van der Waals surface area contributed by atoms with Gasteiger partial charge in [-0.15, -0.1) is 0 Å². The van der Waals surface area contributed by atoms with Crippen molar-refractivity contribution in [1.82, 2.24) is 14.8 Å². The van der Waals surface area contributed by atoms with Crippen LogP contribution in [0, 0.1) is 0 Å². The molecule has 0 unspecified atom stereocenters. The molecule has 0 aliphatic rings. The van der Waals surface area contributed by atoms with Crippen LogP contribution in [0.1, 0.15) is 5.56 Å². The summed E-state index contributed by atoms with van der Waals surface area (Å²) in [6.07, 6.45) is 5.46. The van der Waals surface area contributed by atoms with E-state index < -0.39 is 0 Å². The quantitative estimate of drug-likeness (QED) is 0.246. The zero-order valence-corrected chi connectivity index (χ0v) is 18.6. The van der Waals surface area contributed by atoms with Crippen LogP contribution < -0.4 is 10.2 Å². The number of hydrazone groups is 1. The Morgan fingerprint density at radius 2 is 1.82 bits per heavy atom. The molecular formula is C26H20ClN5O. The zero-order chi connectivity index (χ0) is 22.6. The van der Waals surface area contributed by atoms with Crippen molar-refractivity contribution in [3.63, 3.8) is 0 Å². The first-order valence-corrected chi connectivity index (χ1v) is 10.7. The summed E-state index contributed by atoms with van der Waals surface area (Å²) in [5.41, 5.74) is 8.41. The van der Waals surface area contributed by atoms with Crippen molar-refractivity contribution < 1.29 is 4.74 Å². The van der Waals surface area contributed by atoms with Crippen molar-refractivity contribution in [2.45, 2.75) is 0 Å². The number of rotatable bonds is 6. The van der Waals surface area contributed by atoms with Gasteiger partial charge in [0.2, 0.25) is 0 Å². The van der Waals surface area contributed by atoms with Crippen molar-refractivity contribution >= 4 is 34.4 Å². The Labute approximate surface area is 196 Å². The number of anilines is 1. The molecule has 0 saturated carbocycles. The van der Waals surface area contributed by atoms with Crippen molar-refractivity contribution in [2.24, 2.45) is 5.10 Å². The lowest BCUT2D eigenvalue weighted by Crippen LogP contribution is -1.94. The molecule has 1 N–H and O–H groups in total. The summed E-state index contributed by atoms with van der Waals surface area (Å²) in [6, 6.07) is 25.3. The van der Waals surface area contributed by atoms with E-state index in [9.17, 15) is 0 Å². The van der Waals surface area contributed by atoms with Crippen molar-refractivity contribution in [3.05, 3.63) is 102 Å². The predicted octanol–water partition coefficient (Wildman–Crippen LogP) is 6.20. The van der Waals surface area contributed by atoms with Gasteiger partial charge in [-0.25, -0.2) is 4.68 Å². The maximum atomic E-state index is 6.10. The molecule has 0 radical (unpaired) electrons. The molecule has 0 atom stereocenters. The average Bonchev–Trinajstić information content (AvgIpc) is 3.29. The standard InChI is InChI=1S/C26H20ClN5O/c1-33-22-10-7-18(8-11-22)26-19(17-32(31-26)21-5-3-2-4-6-21)16-29-30-24-13-14-28-25-15-20(27)9-12-23(24)25/h2-17H,1H3,(H,28,30)/b29-16-. The molecular weight excluding hydrogens is 434 g/mol. The number of halogens is 1. The second-order valence-electron chi connectivity index (χ2n) is 7.33. The minimum Gasteiger partial charge on any atom is -0.497 e. The van der Waals surface area contributed by atoms with Crippen LogP contribution in [0.4, 0.5) is 5.69 Å². The molecule has 0 amide bonds. The van der Waals surface area contributed by atoms with Crippen LogP contribution in [0.3, 0.4) is 0 Å². The molecule has 0 aliphatic heterocycles. The highest BCUT2D eigenvalue weighted by Gasteiger charge is 2.11. The highest BCUT2D eigenvalue weighted by Crippen LogP contribution is 2.26. The first kappa shape index (κ1) is 20.7. The van der Waals surface area contributed by atoms with E-state index in [1.807, 2.05) is 89.7 Å². The number of para-hydroxylation sites is 1. The Bertz CT molecular complexity index is 1430. The molecule has 7 heteroatoms. The fourth-order valence-corrected chi connectivity index (χ4v) is 3.72. The van der Waals surface area contributed by atoms with Crippen LogP contribution in [-0.2, 0) is 0 Å². The smallest absolute Gasteiger partial charge is 0.118 e. The monoisotopic (exact) mass is 453 g/mol. The number of benzene rings is 3. The van der Waals surface area contributed by atoms with Gasteiger partial charge in [-0.1, -0.05) is 29.8 Å². The number of methoxy groups -OCH3 is 1. The third-order valence-electron chi connectivity index (χ3n) is 5.22. The molecule has 5 aromatic rings. The Kier molecular flexibility index (Phi) is 5.74. The molecule has 0 saturated heterocycles. The van der Waals surface area contributed by atoms with E-state index in [4.69, 9.17) is 21.4 Å². The van der Waals surface area contributed by atoms with E-state index in [1.54, 1.807) is 19.5 Å². The molecule has 33 heavy (non-hydrogen) atoms. The summed E-state index contributed by atoms with van der Waals surface area (Å²) >= 11 is 6.10. The van der Waals surface area contributed by atoms with Crippen molar-refractivity contribution in [3.8, 4) is 22.7 Å². The number of nitrogens with zero attached hydrogens (tertiary/aromatic N) is 4. The van der Waals surface area contributed by atoms with Gasteiger partial charge in [0.15, 0.2) is 0 Å². The van der Waals surface area contributed by atoms with Crippen molar-refractivity contribution in [1.29, 1.82) is 0 Å². The first-order valence-electron chi connectivity index (χ1n) is 10.3. The van der Waals surface area contributed by atoms with E-state index in [-0.39, 0.29) is 0 Å². The van der Waals surface area contributed by atoms with Crippen LogP contribution in [0.25, 0.3) is 27.8 Å². The molecule has 3 aromatic carbocycles. The number of hydrogen-bond acceptors (Lipinski definition) is 5. The molecule has 0 spiro atoms. The summed E-state index contributed by atoms with van der Waals surface area (Å²) in [7, 11) is 1.65. The summed E-state index contributed by atoms with van der Waals surface area (Å²) in [5.74, 6) is 0.794. The van der Waals surface area contributed by atoms with Crippen molar-refractivity contribution in [2.75, 3.05) is 12.5 Å². The first-order chi connectivity index (χ1) is 16.2. The lowest BCUT2D eigenvalue weighted by Gasteiger charge is -2.05. The minimum absolute atomic E-state index is 0.646. The fraction of sp³-hybridized carbons (Fsp3) is 0.0385. The summed E-state index contributed by atoms with van der Waals surface area (Å²) in [5, 5.41) is 10.9. The second-order valence-corrected chi connectivity index (χ2v) is 7.77. The molecule has 0 aliphatic carbocycles. The number of hydrogen-bond donors (Lipinski definition) is 1. The third-order valence-corrected chi connectivity index (χ3v) is 5.46. The summed E-state index contributed by atoms with van der Waals surface area (Å²) in [6.45, 7) is 0. The maximum absolute atomic E-state index is 6.10. The normalized spacial score (nSPS) is 11.2. The largest absolute Gasteiger partial charge is 0.497 e. The molecule has 2 heterocycles. The van der Waals surface area contributed by atoms with Gasteiger partial charge in [0.05, 0.1) is 30.2 Å². The second kappa shape index (κ2) is 9.14. The van der Waals surface area contributed by atoms with E-state index in [0.717, 1.165) is 44.8 Å². The Hall–Kier alpha value is -4.16. The van der Waals surface area contributed by atoms with Gasteiger partial charge in [0, 0.05) is 33.9 Å². The van der Waals surface area contributed by atoms with Crippen LogP contribution in [-0.4, -0.2) is 28.1 Å². The summed E-state index contributed by atoms with van der Waals surface area (Å²) in [4.78, 5) is 4.37.